The Balaban J connectivity index is 1.50. The molecule has 3 atom stereocenters. The molecule has 0 bridgehead atoms. The normalized spacial score (nSPS) is 21.7. The van der Waals surface area contributed by atoms with Gasteiger partial charge in [0.25, 0.3) is 0 Å². The van der Waals surface area contributed by atoms with Crippen LogP contribution in [0.15, 0.2) is 84.9 Å². The highest BCUT2D eigenvalue weighted by Gasteiger charge is 2.56. The third-order valence-electron chi connectivity index (χ3n) is 6.54. The summed E-state index contributed by atoms with van der Waals surface area (Å²) in [5.74, 6) is -1.45. The average molecular weight is 471 g/mol. The van der Waals surface area contributed by atoms with Gasteiger partial charge in [-0.25, -0.2) is 9.88 Å². The first-order chi connectivity index (χ1) is 16.1. The molecule has 162 valence electrons. The maximum Gasteiger partial charge on any atom is 0.243 e. The van der Waals surface area contributed by atoms with Crippen molar-refractivity contribution in [1.82, 2.24) is 4.98 Å². The smallest absolute Gasteiger partial charge is 0.243 e. The number of fused-ring (bicyclic) bond motifs is 3. The number of benzene rings is 3. The molecule has 3 aromatic carbocycles. The van der Waals surface area contributed by atoms with Gasteiger partial charge in [0.05, 0.1) is 23.2 Å². The quantitative estimate of drug-likeness (QED) is 0.341. The van der Waals surface area contributed by atoms with Crippen LogP contribution in [0.2, 0.25) is 5.02 Å². The standard InChI is InChI=1S/C27H19ClN2O2S/c28-18-13-11-16(12-14-18)20-15-21-24(33-25(29-21)17-7-3-1-4-8-17)23-22(20)26(31)30(27(23)32)19-9-5-2-6-10-19/h1-14,20,22-23H,15H2/t20-,22+,23+/m0/s1. The van der Waals surface area contributed by atoms with Crippen molar-refractivity contribution in [3.8, 4) is 10.6 Å². The summed E-state index contributed by atoms with van der Waals surface area (Å²) >= 11 is 7.66. The van der Waals surface area contributed by atoms with Crippen LogP contribution in [0.3, 0.4) is 0 Å². The molecule has 0 N–H and O–H groups in total. The second-order valence-electron chi connectivity index (χ2n) is 8.41. The van der Waals surface area contributed by atoms with Crippen LogP contribution in [-0.4, -0.2) is 16.8 Å². The Hall–Kier alpha value is -3.28. The van der Waals surface area contributed by atoms with Gasteiger partial charge in [0.15, 0.2) is 0 Å². The molecule has 2 amide bonds. The summed E-state index contributed by atoms with van der Waals surface area (Å²) in [5, 5.41) is 1.53. The summed E-state index contributed by atoms with van der Waals surface area (Å²) in [4.78, 5) is 34.7. The van der Waals surface area contributed by atoms with Gasteiger partial charge in [-0.15, -0.1) is 11.3 Å². The average Bonchev–Trinajstić information content (AvgIpc) is 3.39. The zero-order valence-corrected chi connectivity index (χ0v) is 19.1. The molecule has 1 saturated heterocycles. The number of carbonyl (C=O) groups excluding carboxylic acids is 2. The Morgan fingerprint density at radius 1 is 0.848 bits per heavy atom. The number of amides is 2. The lowest BCUT2D eigenvalue weighted by Crippen LogP contribution is -2.32. The molecule has 1 aliphatic heterocycles. The lowest BCUT2D eigenvalue weighted by atomic mass is 9.72. The van der Waals surface area contributed by atoms with E-state index in [-0.39, 0.29) is 17.7 Å². The minimum atomic E-state index is -0.530. The van der Waals surface area contributed by atoms with Crippen molar-refractivity contribution in [3.05, 3.63) is 106 Å². The van der Waals surface area contributed by atoms with Crippen molar-refractivity contribution in [1.29, 1.82) is 0 Å². The fourth-order valence-corrected chi connectivity index (χ4v) is 6.40. The predicted molar refractivity (Wildman–Crippen MR) is 131 cm³/mol. The molecule has 0 saturated carbocycles. The van der Waals surface area contributed by atoms with Crippen LogP contribution in [0.1, 0.15) is 28.0 Å². The van der Waals surface area contributed by atoms with Crippen molar-refractivity contribution in [3.63, 3.8) is 0 Å². The second-order valence-corrected chi connectivity index (χ2v) is 9.88. The van der Waals surface area contributed by atoms with Crippen molar-refractivity contribution >= 4 is 40.4 Å². The number of hydrogen-bond acceptors (Lipinski definition) is 4. The van der Waals surface area contributed by atoms with Gasteiger partial charge >= 0.3 is 0 Å². The first kappa shape index (κ1) is 20.3. The fraction of sp³-hybridized carbons (Fsp3) is 0.148. The van der Waals surface area contributed by atoms with Gasteiger partial charge < -0.3 is 0 Å². The molecule has 1 aliphatic carbocycles. The van der Waals surface area contributed by atoms with Crippen LogP contribution in [-0.2, 0) is 16.0 Å². The number of rotatable bonds is 3. The number of carbonyl (C=O) groups is 2. The van der Waals surface area contributed by atoms with E-state index < -0.39 is 11.8 Å². The highest BCUT2D eigenvalue weighted by molar-refractivity contribution is 7.15. The number of para-hydroxylation sites is 1. The molecule has 1 fully saturated rings. The summed E-state index contributed by atoms with van der Waals surface area (Å²) in [6.45, 7) is 0. The Kier molecular flexibility index (Phi) is 4.89. The van der Waals surface area contributed by atoms with Crippen molar-refractivity contribution < 1.29 is 9.59 Å². The lowest BCUT2D eigenvalue weighted by Gasteiger charge is -2.30. The van der Waals surface area contributed by atoms with Crippen LogP contribution in [0, 0.1) is 5.92 Å². The summed E-state index contributed by atoms with van der Waals surface area (Å²) in [6.07, 6.45) is 0.614. The lowest BCUT2D eigenvalue weighted by molar-refractivity contribution is -0.122. The molecule has 0 spiro atoms. The third-order valence-corrected chi connectivity index (χ3v) is 8.02. The SMILES string of the molecule is O=C1[C@@H]2[C@H](c3ccc(Cl)cc3)Cc3nc(-c4ccccc4)sc3[C@@H]2C(=O)N1c1ccccc1. The van der Waals surface area contributed by atoms with E-state index in [1.807, 2.05) is 84.9 Å². The van der Waals surface area contributed by atoms with E-state index in [9.17, 15) is 9.59 Å². The van der Waals surface area contributed by atoms with Gasteiger partial charge in [-0.3, -0.25) is 9.59 Å². The van der Waals surface area contributed by atoms with Gasteiger partial charge in [0.1, 0.15) is 5.01 Å². The van der Waals surface area contributed by atoms with Crippen LogP contribution >= 0.6 is 22.9 Å². The van der Waals surface area contributed by atoms with E-state index in [1.54, 1.807) is 0 Å². The minimum absolute atomic E-state index is 0.142. The monoisotopic (exact) mass is 470 g/mol. The molecular weight excluding hydrogens is 452 g/mol. The number of nitrogens with zero attached hydrogens (tertiary/aromatic N) is 2. The predicted octanol–water partition coefficient (Wildman–Crippen LogP) is 6.08. The van der Waals surface area contributed by atoms with Crippen LogP contribution in [0.25, 0.3) is 10.6 Å². The zero-order valence-electron chi connectivity index (χ0n) is 17.5. The number of aromatic nitrogens is 1. The highest BCUT2D eigenvalue weighted by Crippen LogP contribution is 2.53. The largest absolute Gasteiger partial charge is 0.274 e. The molecule has 2 aliphatic rings. The van der Waals surface area contributed by atoms with E-state index in [2.05, 4.69) is 0 Å². The summed E-state index contributed by atoms with van der Waals surface area (Å²) in [6, 6.07) is 26.8. The van der Waals surface area contributed by atoms with Crippen LogP contribution < -0.4 is 4.90 Å². The van der Waals surface area contributed by atoms with Crippen molar-refractivity contribution in [2.24, 2.45) is 5.92 Å². The van der Waals surface area contributed by atoms with E-state index in [0.717, 1.165) is 26.7 Å². The second kappa shape index (κ2) is 7.94. The first-order valence-electron chi connectivity index (χ1n) is 10.8. The molecule has 0 radical (unpaired) electrons. The number of hydrogen-bond donors (Lipinski definition) is 0. The number of thiazole rings is 1. The highest BCUT2D eigenvalue weighted by atomic mass is 35.5. The summed E-state index contributed by atoms with van der Waals surface area (Å²) in [5.41, 5.74) is 3.56. The molecule has 33 heavy (non-hydrogen) atoms. The maximum absolute atomic E-state index is 13.8. The van der Waals surface area contributed by atoms with E-state index >= 15 is 0 Å². The molecular formula is C27H19ClN2O2S. The zero-order chi connectivity index (χ0) is 22.5. The number of halogens is 1. The molecule has 6 heteroatoms. The fourth-order valence-electron chi connectivity index (χ4n) is 5.03. The van der Waals surface area contributed by atoms with Gasteiger partial charge in [0.2, 0.25) is 11.8 Å². The Morgan fingerprint density at radius 3 is 2.21 bits per heavy atom. The topological polar surface area (TPSA) is 50.3 Å². The summed E-state index contributed by atoms with van der Waals surface area (Å²) in [7, 11) is 0. The molecule has 0 unspecified atom stereocenters. The Morgan fingerprint density at radius 2 is 1.52 bits per heavy atom. The van der Waals surface area contributed by atoms with Crippen molar-refractivity contribution in [2.45, 2.75) is 18.3 Å². The van der Waals surface area contributed by atoms with Crippen molar-refractivity contribution in [2.75, 3.05) is 4.90 Å². The van der Waals surface area contributed by atoms with E-state index in [0.29, 0.717) is 17.1 Å². The van der Waals surface area contributed by atoms with E-state index in [4.69, 9.17) is 16.6 Å². The summed E-state index contributed by atoms with van der Waals surface area (Å²) < 4.78 is 0. The molecule has 6 rings (SSSR count). The number of anilines is 1. The Labute approximate surface area is 200 Å². The minimum Gasteiger partial charge on any atom is -0.274 e. The van der Waals surface area contributed by atoms with E-state index in [1.165, 1.54) is 16.2 Å². The number of imide groups is 1. The van der Waals surface area contributed by atoms with Gasteiger partial charge in [-0.2, -0.15) is 0 Å². The van der Waals surface area contributed by atoms with Gasteiger partial charge in [0, 0.05) is 21.4 Å². The molecule has 4 nitrogen and oxygen atoms in total. The Bertz CT molecular complexity index is 1350. The van der Waals surface area contributed by atoms with Gasteiger partial charge in [-0.1, -0.05) is 72.3 Å². The molecule has 4 aromatic rings. The first-order valence-corrected chi connectivity index (χ1v) is 12.0. The third kappa shape index (κ3) is 3.31. The van der Waals surface area contributed by atoms with Crippen LogP contribution in [0.5, 0.6) is 0 Å². The maximum atomic E-state index is 13.8. The van der Waals surface area contributed by atoms with Crippen LogP contribution in [0.4, 0.5) is 5.69 Å². The molecule has 1 aromatic heterocycles. The van der Waals surface area contributed by atoms with Gasteiger partial charge in [-0.05, 0) is 36.2 Å². The molecule has 2 heterocycles.